The van der Waals surface area contributed by atoms with Crippen LogP contribution in [-0.2, 0) is 11.2 Å². The van der Waals surface area contributed by atoms with E-state index in [1.54, 1.807) is 18.2 Å². The average Bonchev–Trinajstić information content (AvgIpc) is 3.00. The average molecular weight is 367 g/mol. The molecule has 0 unspecified atom stereocenters. The lowest BCUT2D eigenvalue weighted by Crippen LogP contribution is -2.42. The number of rotatable bonds is 6. The molecule has 128 valence electrons. The highest BCUT2D eigenvalue weighted by atomic mass is 35.5. The largest absolute Gasteiger partial charge is 0.290 e. The third kappa shape index (κ3) is 5.90. The SMILES string of the molecule is CC(C)Cc1cc(C(=O)NNC(=O)CSc2ccc(Cl)cc2)n[nH]1. The number of carbonyl (C=O) groups is 2. The number of hydrogen-bond acceptors (Lipinski definition) is 4. The van der Waals surface area contributed by atoms with Crippen molar-refractivity contribution in [2.45, 2.75) is 25.2 Å². The highest BCUT2D eigenvalue weighted by Crippen LogP contribution is 2.19. The number of hydrogen-bond donors (Lipinski definition) is 3. The number of benzene rings is 1. The molecular weight excluding hydrogens is 348 g/mol. The Morgan fingerprint density at radius 2 is 1.96 bits per heavy atom. The van der Waals surface area contributed by atoms with Crippen LogP contribution in [0.15, 0.2) is 35.2 Å². The van der Waals surface area contributed by atoms with Crippen molar-refractivity contribution >= 4 is 35.2 Å². The minimum Gasteiger partial charge on any atom is -0.282 e. The molecule has 0 fully saturated rings. The first-order chi connectivity index (χ1) is 11.4. The molecule has 2 rings (SSSR count). The van der Waals surface area contributed by atoms with Crippen LogP contribution in [0.4, 0.5) is 0 Å². The van der Waals surface area contributed by atoms with Gasteiger partial charge in [-0.25, -0.2) is 0 Å². The van der Waals surface area contributed by atoms with E-state index in [4.69, 9.17) is 11.6 Å². The maximum Gasteiger partial charge on any atom is 0.290 e. The fourth-order valence-electron chi connectivity index (χ4n) is 1.93. The van der Waals surface area contributed by atoms with Gasteiger partial charge >= 0.3 is 0 Å². The van der Waals surface area contributed by atoms with E-state index < -0.39 is 5.91 Å². The lowest BCUT2D eigenvalue weighted by molar-refractivity contribution is -0.119. The normalized spacial score (nSPS) is 10.7. The number of thioether (sulfide) groups is 1. The van der Waals surface area contributed by atoms with Gasteiger partial charge in [0, 0.05) is 15.6 Å². The molecule has 0 bridgehead atoms. The van der Waals surface area contributed by atoms with E-state index in [9.17, 15) is 9.59 Å². The van der Waals surface area contributed by atoms with Gasteiger partial charge in [-0.05, 0) is 42.7 Å². The number of hydrazine groups is 1. The van der Waals surface area contributed by atoms with E-state index >= 15 is 0 Å². The molecule has 0 radical (unpaired) electrons. The number of nitrogens with one attached hydrogen (secondary N) is 3. The highest BCUT2D eigenvalue weighted by molar-refractivity contribution is 8.00. The molecule has 6 nitrogen and oxygen atoms in total. The van der Waals surface area contributed by atoms with Gasteiger partial charge in [0.05, 0.1) is 5.75 Å². The number of H-pyrrole nitrogens is 1. The van der Waals surface area contributed by atoms with Crippen molar-refractivity contribution in [3.8, 4) is 0 Å². The van der Waals surface area contributed by atoms with E-state index in [1.807, 2.05) is 12.1 Å². The third-order valence-corrected chi connectivity index (χ3v) is 4.25. The zero-order valence-electron chi connectivity index (χ0n) is 13.4. The van der Waals surface area contributed by atoms with E-state index in [0.717, 1.165) is 17.0 Å². The van der Waals surface area contributed by atoms with Crippen molar-refractivity contribution in [1.29, 1.82) is 0 Å². The van der Waals surface area contributed by atoms with Crippen molar-refractivity contribution in [2.75, 3.05) is 5.75 Å². The van der Waals surface area contributed by atoms with Gasteiger partial charge in [0.1, 0.15) is 0 Å². The van der Waals surface area contributed by atoms with E-state index in [-0.39, 0.29) is 17.4 Å². The predicted molar refractivity (Wildman–Crippen MR) is 94.9 cm³/mol. The maximum atomic E-state index is 11.9. The summed E-state index contributed by atoms with van der Waals surface area (Å²) in [6, 6.07) is 8.87. The summed E-state index contributed by atoms with van der Waals surface area (Å²) in [4.78, 5) is 24.6. The zero-order valence-corrected chi connectivity index (χ0v) is 15.0. The molecule has 0 aliphatic rings. The second-order valence-electron chi connectivity index (χ2n) is 5.62. The van der Waals surface area contributed by atoms with Crippen LogP contribution in [-0.4, -0.2) is 27.8 Å². The van der Waals surface area contributed by atoms with Crippen molar-refractivity contribution < 1.29 is 9.59 Å². The predicted octanol–water partition coefficient (Wildman–Crippen LogP) is 2.81. The Labute approximate surface area is 149 Å². The lowest BCUT2D eigenvalue weighted by Gasteiger charge is -2.06. The standard InChI is InChI=1S/C16H19ClN4O2S/c1-10(2)7-12-8-14(19-18-12)16(23)21-20-15(22)9-24-13-5-3-11(17)4-6-13/h3-6,8,10H,7,9H2,1-2H3,(H,18,19)(H,20,22)(H,21,23). The van der Waals surface area contributed by atoms with Crippen LogP contribution in [0.1, 0.15) is 30.0 Å². The molecule has 1 aromatic heterocycles. The molecule has 1 aromatic carbocycles. The van der Waals surface area contributed by atoms with Gasteiger partial charge in [-0.1, -0.05) is 25.4 Å². The topological polar surface area (TPSA) is 86.9 Å². The molecule has 1 heterocycles. The van der Waals surface area contributed by atoms with Gasteiger partial charge < -0.3 is 0 Å². The number of carbonyl (C=O) groups excluding carboxylic acids is 2. The van der Waals surface area contributed by atoms with Crippen molar-refractivity contribution in [2.24, 2.45) is 5.92 Å². The zero-order chi connectivity index (χ0) is 17.5. The summed E-state index contributed by atoms with van der Waals surface area (Å²) < 4.78 is 0. The Balaban J connectivity index is 1.75. The summed E-state index contributed by atoms with van der Waals surface area (Å²) in [5.74, 6) is -0.112. The molecular formula is C16H19ClN4O2S. The summed E-state index contributed by atoms with van der Waals surface area (Å²) >= 11 is 7.15. The number of aromatic amines is 1. The van der Waals surface area contributed by atoms with Crippen LogP contribution < -0.4 is 10.9 Å². The molecule has 0 saturated carbocycles. The van der Waals surface area contributed by atoms with Crippen molar-refractivity contribution in [3.05, 3.63) is 46.7 Å². The van der Waals surface area contributed by atoms with Gasteiger partial charge in [0.2, 0.25) is 5.91 Å². The molecule has 0 aliphatic heterocycles. The van der Waals surface area contributed by atoms with E-state index in [2.05, 4.69) is 34.9 Å². The molecule has 2 amide bonds. The summed E-state index contributed by atoms with van der Waals surface area (Å²) in [6.07, 6.45) is 0.810. The Morgan fingerprint density at radius 1 is 1.25 bits per heavy atom. The second kappa shape index (κ2) is 8.75. The van der Waals surface area contributed by atoms with E-state index in [1.165, 1.54) is 11.8 Å². The summed E-state index contributed by atoms with van der Waals surface area (Å²) in [7, 11) is 0. The number of halogens is 1. The van der Waals surface area contributed by atoms with Gasteiger partial charge in [-0.15, -0.1) is 11.8 Å². The molecule has 0 saturated heterocycles. The molecule has 0 atom stereocenters. The first-order valence-corrected chi connectivity index (χ1v) is 8.82. The van der Waals surface area contributed by atoms with Crippen LogP contribution in [0.3, 0.4) is 0 Å². The van der Waals surface area contributed by atoms with Crippen LogP contribution in [0, 0.1) is 5.92 Å². The Hall–Kier alpha value is -1.99. The van der Waals surface area contributed by atoms with Crippen LogP contribution >= 0.6 is 23.4 Å². The quantitative estimate of drug-likeness (QED) is 0.542. The minimum absolute atomic E-state index is 0.182. The molecule has 0 aliphatic carbocycles. The number of aromatic nitrogens is 2. The second-order valence-corrected chi connectivity index (χ2v) is 7.11. The van der Waals surface area contributed by atoms with Gasteiger partial charge in [-0.2, -0.15) is 5.10 Å². The minimum atomic E-state index is -0.453. The maximum absolute atomic E-state index is 11.9. The van der Waals surface area contributed by atoms with Crippen LogP contribution in [0.5, 0.6) is 0 Å². The van der Waals surface area contributed by atoms with Crippen molar-refractivity contribution in [1.82, 2.24) is 21.0 Å². The summed E-state index contributed by atoms with van der Waals surface area (Å²) in [5, 5.41) is 7.41. The van der Waals surface area contributed by atoms with Crippen LogP contribution in [0.25, 0.3) is 0 Å². The van der Waals surface area contributed by atoms with Gasteiger partial charge in [0.15, 0.2) is 5.69 Å². The molecule has 3 N–H and O–H groups in total. The summed E-state index contributed by atoms with van der Waals surface area (Å²) in [5.41, 5.74) is 5.86. The fourth-order valence-corrected chi connectivity index (χ4v) is 2.75. The molecule has 2 aromatic rings. The van der Waals surface area contributed by atoms with Crippen LogP contribution in [0.2, 0.25) is 5.02 Å². The molecule has 8 heteroatoms. The monoisotopic (exact) mass is 366 g/mol. The van der Waals surface area contributed by atoms with E-state index in [0.29, 0.717) is 10.9 Å². The number of amides is 2. The highest BCUT2D eigenvalue weighted by Gasteiger charge is 2.12. The Bertz CT molecular complexity index is 700. The summed E-state index contributed by atoms with van der Waals surface area (Å²) in [6.45, 7) is 4.16. The lowest BCUT2D eigenvalue weighted by atomic mass is 10.1. The van der Waals surface area contributed by atoms with Crippen molar-refractivity contribution in [3.63, 3.8) is 0 Å². The number of nitrogens with zero attached hydrogens (tertiary/aromatic N) is 1. The Kier molecular flexibility index (Phi) is 6.69. The third-order valence-electron chi connectivity index (χ3n) is 2.99. The molecule has 24 heavy (non-hydrogen) atoms. The van der Waals surface area contributed by atoms with Gasteiger partial charge in [0.25, 0.3) is 5.91 Å². The first-order valence-electron chi connectivity index (χ1n) is 7.46. The molecule has 0 spiro atoms. The first kappa shape index (κ1) is 18.4. The fraction of sp³-hybridized carbons (Fsp3) is 0.312. The Morgan fingerprint density at radius 3 is 2.62 bits per heavy atom. The van der Waals surface area contributed by atoms with Gasteiger partial charge in [-0.3, -0.25) is 25.5 Å². The smallest absolute Gasteiger partial charge is 0.282 e.